The molecule has 11 atom stereocenters. The molecule has 6 rings (SSSR count). The summed E-state index contributed by atoms with van der Waals surface area (Å²) < 4.78 is 100. The van der Waals surface area contributed by atoms with Crippen molar-refractivity contribution in [3.8, 4) is 5.75 Å². The zero-order valence-electron chi connectivity index (χ0n) is 38.1. The van der Waals surface area contributed by atoms with Crippen molar-refractivity contribution in [3.05, 3.63) is 138 Å². The molecule has 1 saturated carbocycles. The van der Waals surface area contributed by atoms with Gasteiger partial charge in [0.2, 0.25) is 11.6 Å². The maximum atomic E-state index is 13.2. The minimum Gasteiger partial charge on any atom is -0.497 e. The van der Waals surface area contributed by atoms with Crippen LogP contribution in [0.5, 0.6) is 5.75 Å². The van der Waals surface area contributed by atoms with Gasteiger partial charge in [-0.2, -0.15) is 8.42 Å². The molecular formula is C50H66O13S. The van der Waals surface area contributed by atoms with E-state index >= 15 is 0 Å². The van der Waals surface area contributed by atoms with Gasteiger partial charge < -0.3 is 42.6 Å². The summed E-state index contributed by atoms with van der Waals surface area (Å²) in [4.78, 5) is 0. The highest BCUT2D eigenvalue weighted by molar-refractivity contribution is 7.80. The van der Waals surface area contributed by atoms with Crippen LogP contribution < -0.4 is 4.74 Å². The van der Waals surface area contributed by atoms with E-state index in [1.165, 1.54) is 14.2 Å². The molecule has 4 aromatic carbocycles. The van der Waals surface area contributed by atoms with Gasteiger partial charge in [0.15, 0.2) is 0 Å². The number of methoxy groups -OCH3 is 3. The van der Waals surface area contributed by atoms with Crippen LogP contribution in [-0.4, -0.2) is 89.1 Å². The molecule has 1 aliphatic heterocycles. The molecule has 350 valence electrons. The Morgan fingerprint density at radius 2 is 1.22 bits per heavy atom. The number of benzene rings is 4. The minimum absolute atomic E-state index is 0.00482. The van der Waals surface area contributed by atoms with Gasteiger partial charge in [0, 0.05) is 14.2 Å². The predicted octanol–water partition coefficient (Wildman–Crippen LogP) is 8.74. The Bertz CT molecular complexity index is 2080. The molecule has 1 N–H and O–H groups in total. The van der Waals surface area contributed by atoms with Gasteiger partial charge in [-0.25, -0.2) is 4.18 Å². The molecule has 0 radical (unpaired) electrons. The first-order valence-corrected chi connectivity index (χ1v) is 23.4. The van der Waals surface area contributed by atoms with E-state index in [1.807, 2.05) is 115 Å². The summed E-state index contributed by atoms with van der Waals surface area (Å²) >= 11 is 0. The van der Waals surface area contributed by atoms with E-state index in [4.69, 9.17) is 46.8 Å². The number of hydrogen-bond donors (Lipinski definition) is 1. The standard InChI is InChI=1S/C50H66O13S/c1-8-42-35(2)43(58-33-39-24-26-41(54-5)27-25-39)28-40(42)29-44(59-31-37-20-14-10-15-21-37)47(63-64(51,52)53)48-46(61-49(3,55-6)50(4,56-7)62-48)45(60-32-38-22-16-11-17-23-38)34-57-30-36-18-12-9-13-19-36/h9-27,35,40,42-48H,8,28-34H2,1-7H3,(H,51,52,53)/t35-,40?,42-,43-,44-,45-,46+,47?,48-,49?,50?/m1/s1. The van der Waals surface area contributed by atoms with Crippen molar-refractivity contribution in [1.29, 1.82) is 0 Å². The third kappa shape index (κ3) is 13.0. The van der Waals surface area contributed by atoms with E-state index in [0.717, 1.165) is 34.4 Å². The van der Waals surface area contributed by atoms with Gasteiger partial charge in [-0.15, -0.1) is 0 Å². The Balaban J connectivity index is 1.38. The molecule has 64 heavy (non-hydrogen) atoms. The maximum Gasteiger partial charge on any atom is 0.397 e. The van der Waals surface area contributed by atoms with Crippen LogP contribution >= 0.6 is 0 Å². The van der Waals surface area contributed by atoms with Crippen molar-refractivity contribution in [2.45, 2.75) is 122 Å². The zero-order chi connectivity index (χ0) is 45.7. The van der Waals surface area contributed by atoms with E-state index < -0.39 is 52.5 Å². The van der Waals surface area contributed by atoms with E-state index in [9.17, 15) is 13.0 Å². The first kappa shape index (κ1) is 49.7. The Labute approximate surface area is 379 Å². The van der Waals surface area contributed by atoms with Gasteiger partial charge in [-0.05, 0) is 78.8 Å². The van der Waals surface area contributed by atoms with Crippen LogP contribution in [0.15, 0.2) is 115 Å². The number of rotatable bonds is 24. The summed E-state index contributed by atoms with van der Waals surface area (Å²) in [6.45, 7) is 8.62. The van der Waals surface area contributed by atoms with E-state index in [-0.39, 0.29) is 50.3 Å². The van der Waals surface area contributed by atoms with Crippen LogP contribution in [0.1, 0.15) is 69.2 Å². The molecule has 4 unspecified atom stereocenters. The molecule has 2 fully saturated rings. The van der Waals surface area contributed by atoms with Gasteiger partial charge in [0.25, 0.3) is 0 Å². The summed E-state index contributed by atoms with van der Waals surface area (Å²) in [6.07, 6.45) is -4.07. The van der Waals surface area contributed by atoms with Crippen molar-refractivity contribution >= 4 is 10.4 Å². The van der Waals surface area contributed by atoms with Crippen LogP contribution in [0.3, 0.4) is 0 Å². The highest BCUT2D eigenvalue weighted by atomic mass is 32.3. The zero-order valence-corrected chi connectivity index (χ0v) is 38.9. The third-order valence-electron chi connectivity index (χ3n) is 13.0. The third-order valence-corrected chi connectivity index (χ3v) is 13.4. The lowest BCUT2D eigenvalue weighted by molar-refractivity contribution is -0.462. The second-order valence-corrected chi connectivity index (χ2v) is 18.0. The summed E-state index contributed by atoms with van der Waals surface area (Å²) in [5, 5.41) is 0. The fourth-order valence-corrected chi connectivity index (χ4v) is 9.63. The van der Waals surface area contributed by atoms with E-state index in [1.54, 1.807) is 21.0 Å². The molecule has 0 amide bonds. The molecule has 2 aliphatic rings. The average Bonchev–Trinajstić information content (AvgIpc) is 3.61. The molecular weight excluding hydrogens is 841 g/mol. The average molecular weight is 907 g/mol. The molecule has 0 bridgehead atoms. The predicted molar refractivity (Wildman–Crippen MR) is 240 cm³/mol. The van der Waals surface area contributed by atoms with Crippen molar-refractivity contribution in [3.63, 3.8) is 0 Å². The van der Waals surface area contributed by atoms with Crippen molar-refractivity contribution in [2.75, 3.05) is 27.9 Å². The molecule has 0 aromatic heterocycles. The van der Waals surface area contributed by atoms with Crippen molar-refractivity contribution in [1.82, 2.24) is 0 Å². The summed E-state index contributed by atoms with van der Waals surface area (Å²) in [5.74, 6) is -2.06. The topological polar surface area (TPSA) is 147 Å². The quantitative estimate of drug-likeness (QED) is 0.0670. The highest BCUT2D eigenvalue weighted by Crippen LogP contribution is 2.47. The first-order valence-electron chi connectivity index (χ1n) is 22.1. The van der Waals surface area contributed by atoms with Gasteiger partial charge >= 0.3 is 10.4 Å². The molecule has 0 spiro atoms. The first-order chi connectivity index (χ1) is 30.8. The van der Waals surface area contributed by atoms with E-state index in [0.29, 0.717) is 19.4 Å². The van der Waals surface area contributed by atoms with Crippen LogP contribution in [0.2, 0.25) is 0 Å². The lowest BCUT2D eigenvalue weighted by Crippen LogP contribution is -2.70. The fourth-order valence-electron chi connectivity index (χ4n) is 9.11. The largest absolute Gasteiger partial charge is 0.497 e. The lowest BCUT2D eigenvalue weighted by Gasteiger charge is -2.54. The van der Waals surface area contributed by atoms with Gasteiger partial charge in [0.05, 0.1) is 52.4 Å². The van der Waals surface area contributed by atoms with Crippen molar-refractivity contribution in [2.24, 2.45) is 17.8 Å². The Kier molecular flexibility index (Phi) is 17.9. The summed E-state index contributed by atoms with van der Waals surface area (Å²) in [7, 11) is -0.588. The molecule has 1 heterocycles. The summed E-state index contributed by atoms with van der Waals surface area (Å²) in [6, 6.07) is 36.8. The molecule has 14 heteroatoms. The number of hydrogen-bond acceptors (Lipinski definition) is 12. The normalized spacial score (nSPS) is 27.5. The Morgan fingerprint density at radius 3 is 1.73 bits per heavy atom. The maximum absolute atomic E-state index is 13.2. The Hall–Kier alpha value is -3.77. The fraction of sp³-hybridized carbons (Fsp3) is 0.520. The number of ether oxygens (including phenoxy) is 9. The monoisotopic (exact) mass is 906 g/mol. The highest BCUT2D eigenvalue weighted by Gasteiger charge is 2.61. The van der Waals surface area contributed by atoms with Gasteiger partial charge in [0.1, 0.15) is 30.2 Å². The second-order valence-electron chi connectivity index (χ2n) is 17.0. The lowest BCUT2D eigenvalue weighted by atomic mass is 9.82. The smallest absolute Gasteiger partial charge is 0.397 e. The SMILES string of the molecule is CC[C@H]1C(C[C@@H](OCc2ccccc2)C(OS(=O)(=O)O)[C@@H]2OC(C)(OC)C(C)(OC)O[C@H]2[C@@H](COCc2ccccc2)OCc2ccccc2)C[C@@H](OCc2ccc(OC)cc2)[C@@H]1C. The van der Waals surface area contributed by atoms with Crippen LogP contribution in [-0.2, 0) is 78.9 Å². The Morgan fingerprint density at radius 1 is 0.703 bits per heavy atom. The van der Waals surface area contributed by atoms with Crippen LogP contribution in [0.4, 0.5) is 0 Å². The molecule has 4 aromatic rings. The molecule has 13 nitrogen and oxygen atoms in total. The van der Waals surface area contributed by atoms with Crippen LogP contribution in [0, 0.1) is 17.8 Å². The van der Waals surface area contributed by atoms with Gasteiger partial charge in [-0.1, -0.05) is 123 Å². The van der Waals surface area contributed by atoms with E-state index in [2.05, 4.69) is 13.8 Å². The molecule has 1 saturated heterocycles. The van der Waals surface area contributed by atoms with Gasteiger partial charge in [-0.3, -0.25) is 4.55 Å². The van der Waals surface area contributed by atoms with Crippen molar-refractivity contribution < 1.29 is 59.8 Å². The summed E-state index contributed by atoms with van der Waals surface area (Å²) in [5.41, 5.74) is 3.71. The molecule has 1 aliphatic carbocycles. The minimum atomic E-state index is -5.15. The second kappa shape index (κ2) is 23.1. The van der Waals surface area contributed by atoms with Crippen LogP contribution in [0.25, 0.3) is 0 Å².